The minimum Gasteiger partial charge on any atom is -0.479 e. The molecule has 1 aliphatic carbocycles. The molecule has 1 rings (SSSR count). The SMILES string of the molecule is CCNC(=O)NC1(C(=O)NCC(C)(O)C(=O)O)CCCC1. The average molecular weight is 301 g/mol. The highest BCUT2D eigenvalue weighted by Gasteiger charge is 2.43. The molecule has 21 heavy (non-hydrogen) atoms. The third-order valence-corrected chi connectivity index (χ3v) is 3.64. The number of carbonyl (C=O) groups excluding carboxylic acids is 2. The van der Waals surface area contributed by atoms with Crippen molar-refractivity contribution in [1.29, 1.82) is 0 Å². The summed E-state index contributed by atoms with van der Waals surface area (Å²) >= 11 is 0. The number of urea groups is 1. The van der Waals surface area contributed by atoms with Crippen LogP contribution in [0.5, 0.6) is 0 Å². The van der Waals surface area contributed by atoms with Crippen LogP contribution in [-0.2, 0) is 9.59 Å². The van der Waals surface area contributed by atoms with E-state index in [4.69, 9.17) is 5.11 Å². The molecule has 120 valence electrons. The molecule has 1 atom stereocenters. The van der Waals surface area contributed by atoms with Crippen molar-refractivity contribution >= 4 is 17.9 Å². The van der Waals surface area contributed by atoms with Crippen molar-refractivity contribution < 1.29 is 24.6 Å². The van der Waals surface area contributed by atoms with Crippen LogP contribution in [0.25, 0.3) is 0 Å². The van der Waals surface area contributed by atoms with E-state index in [1.165, 1.54) is 0 Å². The van der Waals surface area contributed by atoms with Gasteiger partial charge in [-0.25, -0.2) is 9.59 Å². The van der Waals surface area contributed by atoms with Crippen LogP contribution in [0.1, 0.15) is 39.5 Å². The Balaban J connectivity index is 2.70. The molecule has 0 saturated heterocycles. The number of hydrogen-bond acceptors (Lipinski definition) is 4. The Labute approximate surface area is 123 Å². The minimum atomic E-state index is -2.04. The van der Waals surface area contributed by atoms with Gasteiger partial charge in [-0.05, 0) is 26.7 Å². The highest BCUT2D eigenvalue weighted by atomic mass is 16.4. The molecule has 5 N–H and O–H groups in total. The van der Waals surface area contributed by atoms with Gasteiger partial charge in [0.25, 0.3) is 0 Å². The first-order chi connectivity index (χ1) is 9.73. The summed E-state index contributed by atoms with van der Waals surface area (Å²) in [6.07, 6.45) is 2.58. The van der Waals surface area contributed by atoms with Crippen molar-refractivity contribution in [3.05, 3.63) is 0 Å². The summed E-state index contributed by atoms with van der Waals surface area (Å²) in [5.41, 5.74) is -3.07. The van der Waals surface area contributed by atoms with Crippen molar-refractivity contribution in [2.75, 3.05) is 13.1 Å². The predicted octanol–water partition coefficient (Wildman–Crippen LogP) is -0.430. The number of nitrogens with one attached hydrogen (secondary N) is 3. The second kappa shape index (κ2) is 6.75. The lowest BCUT2D eigenvalue weighted by Gasteiger charge is -2.30. The van der Waals surface area contributed by atoms with Crippen LogP contribution in [-0.4, -0.2) is 52.4 Å². The zero-order valence-electron chi connectivity index (χ0n) is 12.4. The Morgan fingerprint density at radius 3 is 2.24 bits per heavy atom. The number of carboxylic acid groups (broad SMARTS) is 1. The molecule has 0 aromatic rings. The monoisotopic (exact) mass is 301 g/mol. The fourth-order valence-corrected chi connectivity index (χ4v) is 2.31. The van der Waals surface area contributed by atoms with E-state index < -0.39 is 35.6 Å². The number of aliphatic carboxylic acids is 1. The maximum Gasteiger partial charge on any atom is 0.337 e. The lowest BCUT2D eigenvalue weighted by molar-refractivity contribution is -0.156. The summed E-state index contributed by atoms with van der Waals surface area (Å²) < 4.78 is 0. The molecule has 0 bridgehead atoms. The molecular formula is C13H23N3O5. The van der Waals surface area contributed by atoms with Gasteiger partial charge < -0.3 is 26.2 Å². The van der Waals surface area contributed by atoms with Crippen molar-refractivity contribution in [3.8, 4) is 0 Å². The normalized spacial score (nSPS) is 19.4. The first kappa shape index (κ1) is 17.2. The Morgan fingerprint density at radius 1 is 1.19 bits per heavy atom. The molecule has 0 heterocycles. The van der Waals surface area contributed by atoms with E-state index in [0.717, 1.165) is 19.8 Å². The molecule has 3 amide bonds. The van der Waals surface area contributed by atoms with Crippen LogP contribution in [0, 0.1) is 0 Å². The van der Waals surface area contributed by atoms with Crippen molar-refractivity contribution in [1.82, 2.24) is 16.0 Å². The Hall–Kier alpha value is -1.83. The molecule has 0 spiro atoms. The van der Waals surface area contributed by atoms with Gasteiger partial charge in [0.1, 0.15) is 5.54 Å². The first-order valence-corrected chi connectivity index (χ1v) is 7.03. The van der Waals surface area contributed by atoms with Gasteiger partial charge in [-0.15, -0.1) is 0 Å². The first-order valence-electron chi connectivity index (χ1n) is 7.03. The number of carbonyl (C=O) groups is 3. The van der Waals surface area contributed by atoms with Crippen molar-refractivity contribution in [2.45, 2.75) is 50.7 Å². The third-order valence-electron chi connectivity index (χ3n) is 3.64. The van der Waals surface area contributed by atoms with Crippen LogP contribution in [0.3, 0.4) is 0 Å². The molecule has 1 saturated carbocycles. The van der Waals surface area contributed by atoms with Gasteiger partial charge in [0, 0.05) is 6.54 Å². The van der Waals surface area contributed by atoms with Crippen LogP contribution in [0.15, 0.2) is 0 Å². The van der Waals surface area contributed by atoms with Gasteiger partial charge in [-0.2, -0.15) is 0 Å². The van der Waals surface area contributed by atoms with Crippen molar-refractivity contribution in [3.63, 3.8) is 0 Å². The molecule has 8 heteroatoms. The van der Waals surface area contributed by atoms with E-state index in [0.29, 0.717) is 19.4 Å². The highest BCUT2D eigenvalue weighted by Crippen LogP contribution is 2.30. The Kier molecular flexibility index (Phi) is 5.54. The molecule has 0 radical (unpaired) electrons. The number of hydrogen-bond donors (Lipinski definition) is 5. The third kappa shape index (κ3) is 4.32. The molecule has 0 aliphatic heterocycles. The van der Waals surface area contributed by atoms with E-state index in [1.807, 2.05) is 0 Å². The zero-order chi connectivity index (χ0) is 16.1. The Bertz CT molecular complexity index is 416. The number of rotatable bonds is 6. The van der Waals surface area contributed by atoms with Gasteiger partial charge in [0.2, 0.25) is 5.91 Å². The summed E-state index contributed by atoms with van der Waals surface area (Å²) in [5.74, 6) is -1.88. The standard InChI is InChI=1S/C13H23N3O5/c1-3-14-11(20)16-13(6-4-5-7-13)9(17)15-8-12(2,21)10(18)19/h21H,3-8H2,1-2H3,(H,15,17)(H,18,19)(H2,14,16,20). The van der Waals surface area contributed by atoms with Crippen molar-refractivity contribution in [2.24, 2.45) is 0 Å². The zero-order valence-corrected chi connectivity index (χ0v) is 12.4. The fraction of sp³-hybridized carbons (Fsp3) is 0.769. The van der Waals surface area contributed by atoms with E-state index in [9.17, 15) is 19.5 Å². The van der Waals surface area contributed by atoms with Crippen LogP contribution in [0.4, 0.5) is 4.79 Å². The predicted molar refractivity (Wildman–Crippen MR) is 74.7 cm³/mol. The van der Waals surface area contributed by atoms with Crippen LogP contribution >= 0.6 is 0 Å². The fourth-order valence-electron chi connectivity index (χ4n) is 2.31. The van der Waals surface area contributed by atoms with E-state index >= 15 is 0 Å². The number of aliphatic hydroxyl groups is 1. The van der Waals surface area contributed by atoms with Gasteiger partial charge in [-0.3, -0.25) is 4.79 Å². The molecular weight excluding hydrogens is 278 g/mol. The summed E-state index contributed by atoms with van der Waals surface area (Å²) in [6, 6.07) is -0.431. The molecule has 0 aromatic carbocycles. The summed E-state index contributed by atoms with van der Waals surface area (Å²) in [4.78, 5) is 34.8. The maximum absolute atomic E-state index is 12.3. The summed E-state index contributed by atoms with van der Waals surface area (Å²) in [5, 5.41) is 26.1. The largest absolute Gasteiger partial charge is 0.479 e. The smallest absolute Gasteiger partial charge is 0.337 e. The highest BCUT2D eigenvalue weighted by molar-refractivity contribution is 5.91. The molecule has 1 fully saturated rings. The average Bonchev–Trinajstić information content (AvgIpc) is 2.85. The lowest BCUT2D eigenvalue weighted by Crippen LogP contribution is -2.61. The Morgan fingerprint density at radius 2 is 1.76 bits per heavy atom. The topological polar surface area (TPSA) is 128 Å². The van der Waals surface area contributed by atoms with Gasteiger partial charge in [0.15, 0.2) is 5.60 Å². The van der Waals surface area contributed by atoms with E-state index in [1.54, 1.807) is 6.92 Å². The second-order valence-electron chi connectivity index (χ2n) is 5.54. The summed E-state index contributed by atoms with van der Waals surface area (Å²) in [6.45, 7) is 2.90. The van der Waals surface area contributed by atoms with Gasteiger partial charge in [0.05, 0.1) is 6.54 Å². The van der Waals surface area contributed by atoms with Crippen LogP contribution in [0.2, 0.25) is 0 Å². The van der Waals surface area contributed by atoms with Crippen LogP contribution < -0.4 is 16.0 Å². The van der Waals surface area contributed by atoms with Gasteiger partial charge >= 0.3 is 12.0 Å². The quantitative estimate of drug-likeness (QED) is 0.455. The minimum absolute atomic E-state index is 0.417. The number of carboxylic acids is 1. The summed E-state index contributed by atoms with van der Waals surface area (Å²) in [7, 11) is 0. The van der Waals surface area contributed by atoms with Gasteiger partial charge in [-0.1, -0.05) is 12.8 Å². The van der Waals surface area contributed by atoms with E-state index in [2.05, 4.69) is 16.0 Å². The number of amides is 3. The van der Waals surface area contributed by atoms with E-state index in [-0.39, 0.29) is 0 Å². The molecule has 0 aromatic heterocycles. The molecule has 1 aliphatic rings. The molecule has 1 unspecified atom stereocenters. The maximum atomic E-state index is 12.3. The second-order valence-corrected chi connectivity index (χ2v) is 5.54. The molecule has 8 nitrogen and oxygen atoms in total. The lowest BCUT2D eigenvalue weighted by atomic mass is 9.95.